The molecule has 30 heavy (non-hydrogen) atoms. The first-order valence-electron chi connectivity index (χ1n) is 9.48. The summed E-state index contributed by atoms with van der Waals surface area (Å²) in [5.74, 6) is -1.14. The van der Waals surface area contributed by atoms with Crippen molar-refractivity contribution in [2.45, 2.75) is 19.3 Å². The zero-order valence-corrected chi connectivity index (χ0v) is 16.0. The molecular weight excluding hydrogens is 387 g/mol. The van der Waals surface area contributed by atoms with Crippen LogP contribution in [-0.2, 0) is 9.59 Å². The topological polar surface area (TPSA) is 92.5 Å². The molecule has 0 unspecified atom stereocenters. The number of benzene rings is 2. The predicted octanol–water partition coefficient (Wildman–Crippen LogP) is 2.76. The normalized spacial score (nSPS) is 13.2. The highest BCUT2D eigenvalue weighted by Crippen LogP contribution is 2.18. The Labute approximate surface area is 172 Å². The summed E-state index contributed by atoms with van der Waals surface area (Å²) in [5.41, 5.74) is 2.37. The molecule has 0 fully saturated rings. The van der Waals surface area contributed by atoms with Gasteiger partial charge in [0.2, 0.25) is 11.8 Å². The number of hydrazone groups is 1. The highest BCUT2D eigenvalue weighted by Gasteiger charge is 2.22. The summed E-state index contributed by atoms with van der Waals surface area (Å²) in [6.07, 6.45) is 3.37. The summed E-state index contributed by atoms with van der Waals surface area (Å²) < 4.78 is 15.5. The van der Waals surface area contributed by atoms with Crippen molar-refractivity contribution in [2.75, 3.05) is 11.9 Å². The second-order valence-electron chi connectivity index (χ2n) is 6.73. The lowest BCUT2D eigenvalue weighted by Crippen LogP contribution is -2.25. The number of amides is 2. The molecule has 152 valence electrons. The fraction of sp³-hybridized carbons (Fsp3) is 0.190. The van der Waals surface area contributed by atoms with Crippen molar-refractivity contribution < 1.29 is 14.0 Å². The van der Waals surface area contributed by atoms with Crippen molar-refractivity contribution in [3.63, 3.8) is 0 Å². The van der Waals surface area contributed by atoms with Gasteiger partial charge in [-0.3, -0.25) is 9.59 Å². The minimum absolute atomic E-state index is 0.0159. The van der Waals surface area contributed by atoms with E-state index in [9.17, 15) is 14.0 Å². The average molecular weight is 406 g/mol. The van der Waals surface area contributed by atoms with Gasteiger partial charge in [-0.05, 0) is 23.8 Å². The summed E-state index contributed by atoms with van der Waals surface area (Å²) in [6, 6.07) is 13.9. The van der Waals surface area contributed by atoms with Crippen molar-refractivity contribution in [3.05, 3.63) is 72.6 Å². The molecule has 0 spiro atoms. The Morgan fingerprint density at radius 2 is 1.93 bits per heavy atom. The Kier molecular flexibility index (Phi) is 5.60. The Hall–Kier alpha value is -3.88. The number of hydrogen-bond donors (Lipinski definition) is 1. The van der Waals surface area contributed by atoms with E-state index in [0.717, 1.165) is 11.3 Å². The van der Waals surface area contributed by atoms with Gasteiger partial charge in [0.1, 0.15) is 18.3 Å². The molecular formula is C21H19FN6O2. The monoisotopic (exact) mass is 406 g/mol. The molecule has 0 atom stereocenters. The largest absolute Gasteiger partial charge is 0.326 e. The third kappa shape index (κ3) is 4.40. The zero-order valence-electron chi connectivity index (χ0n) is 16.0. The Morgan fingerprint density at radius 1 is 1.10 bits per heavy atom. The number of carbonyl (C=O) groups excluding carboxylic acids is 2. The first-order chi connectivity index (χ1) is 14.6. The number of rotatable bonds is 6. The lowest BCUT2D eigenvalue weighted by molar-refractivity contribution is -0.132. The van der Waals surface area contributed by atoms with Crippen LogP contribution >= 0.6 is 0 Å². The van der Waals surface area contributed by atoms with E-state index < -0.39 is 5.82 Å². The molecule has 8 nitrogen and oxygen atoms in total. The van der Waals surface area contributed by atoms with E-state index in [-0.39, 0.29) is 30.3 Å². The summed E-state index contributed by atoms with van der Waals surface area (Å²) >= 11 is 0. The Bertz CT molecular complexity index is 1080. The number of aromatic nitrogens is 3. The SMILES string of the molecule is O=C(CCC(=O)N1CCC(c2ccccc2)=N1)Nc1ccc(-n2cncn2)c(F)c1. The Balaban J connectivity index is 1.30. The van der Waals surface area contributed by atoms with Crippen LogP contribution in [0.3, 0.4) is 0 Å². The summed E-state index contributed by atoms with van der Waals surface area (Å²) in [4.78, 5) is 28.3. The lowest BCUT2D eigenvalue weighted by atomic mass is 10.1. The molecule has 2 heterocycles. The van der Waals surface area contributed by atoms with Gasteiger partial charge in [0, 0.05) is 24.9 Å². The van der Waals surface area contributed by atoms with E-state index in [1.165, 1.54) is 34.5 Å². The summed E-state index contributed by atoms with van der Waals surface area (Å²) in [5, 5.41) is 12.3. The maximum atomic E-state index is 14.2. The molecule has 2 aromatic carbocycles. The third-order valence-corrected chi connectivity index (χ3v) is 4.66. The predicted molar refractivity (Wildman–Crippen MR) is 108 cm³/mol. The Morgan fingerprint density at radius 3 is 2.67 bits per heavy atom. The van der Waals surface area contributed by atoms with Crippen LogP contribution in [0.1, 0.15) is 24.8 Å². The number of carbonyl (C=O) groups is 2. The third-order valence-electron chi connectivity index (χ3n) is 4.66. The van der Waals surface area contributed by atoms with Gasteiger partial charge < -0.3 is 5.32 Å². The molecule has 0 aliphatic carbocycles. The van der Waals surface area contributed by atoms with E-state index >= 15 is 0 Å². The van der Waals surface area contributed by atoms with Crippen LogP contribution in [0.5, 0.6) is 0 Å². The van der Waals surface area contributed by atoms with Crippen LogP contribution in [0.4, 0.5) is 10.1 Å². The number of halogens is 1. The van der Waals surface area contributed by atoms with Crippen LogP contribution in [0, 0.1) is 5.82 Å². The second kappa shape index (κ2) is 8.64. The highest BCUT2D eigenvalue weighted by molar-refractivity contribution is 6.02. The fourth-order valence-electron chi connectivity index (χ4n) is 3.15. The molecule has 4 rings (SSSR count). The van der Waals surface area contributed by atoms with E-state index in [2.05, 4.69) is 20.5 Å². The number of nitrogens with zero attached hydrogens (tertiary/aromatic N) is 5. The zero-order chi connectivity index (χ0) is 20.9. The summed E-state index contributed by atoms with van der Waals surface area (Å²) in [6.45, 7) is 0.500. The number of nitrogens with one attached hydrogen (secondary N) is 1. The van der Waals surface area contributed by atoms with Crippen molar-refractivity contribution in [1.29, 1.82) is 0 Å². The van der Waals surface area contributed by atoms with Gasteiger partial charge >= 0.3 is 0 Å². The average Bonchev–Trinajstić information content (AvgIpc) is 3.45. The van der Waals surface area contributed by atoms with Crippen molar-refractivity contribution in [1.82, 2.24) is 19.8 Å². The lowest BCUT2D eigenvalue weighted by Gasteiger charge is -2.11. The van der Waals surface area contributed by atoms with Crippen LogP contribution < -0.4 is 5.32 Å². The second-order valence-corrected chi connectivity index (χ2v) is 6.73. The number of anilines is 1. The van der Waals surface area contributed by atoms with Gasteiger partial charge in [0.25, 0.3) is 0 Å². The van der Waals surface area contributed by atoms with Crippen LogP contribution in [-0.4, -0.2) is 43.8 Å². The molecule has 0 bridgehead atoms. The maximum Gasteiger partial charge on any atom is 0.243 e. The van der Waals surface area contributed by atoms with Gasteiger partial charge in [-0.15, -0.1) is 0 Å². The number of hydrogen-bond acceptors (Lipinski definition) is 5. The molecule has 2 amide bonds. The van der Waals surface area contributed by atoms with E-state index in [0.29, 0.717) is 18.7 Å². The smallest absolute Gasteiger partial charge is 0.243 e. The molecule has 9 heteroatoms. The van der Waals surface area contributed by atoms with Crippen LogP contribution in [0.15, 0.2) is 66.3 Å². The maximum absolute atomic E-state index is 14.2. The van der Waals surface area contributed by atoms with E-state index in [1.807, 2.05) is 30.3 Å². The van der Waals surface area contributed by atoms with Crippen molar-refractivity contribution in [2.24, 2.45) is 5.10 Å². The molecule has 0 radical (unpaired) electrons. The first kappa shape index (κ1) is 19.4. The molecule has 3 aromatic rings. The van der Waals surface area contributed by atoms with Crippen LogP contribution in [0.25, 0.3) is 5.69 Å². The molecule has 1 aromatic heterocycles. The highest BCUT2D eigenvalue weighted by atomic mass is 19.1. The fourth-order valence-corrected chi connectivity index (χ4v) is 3.15. The molecule has 1 aliphatic rings. The minimum Gasteiger partial charge on any atom is -0.326 e. The first-order valence-corrected chi connectivity index (χ1v) is 9.48. The van der Waals surface area contributed by atoms with Gasteiger partial charge in [-0.1, -0.05) is 30.3 Å². The molecule has 0 saturated heterocycles. The minimum atomic E-state index is -0.547. The van der Waals surface area contributed by atoms with Gasteiger partial charge in [-0.25, -0.2) is 19.1 Å². The van der Waals surface area contributed by atoms with Crippen molar-refractivity contribution in [3.8, 4) is 5.69 Å². The molecule has 1 aliphatic heterocycles. The molecule has 1 N–H and O–H groups in total. The van der Waals surface area contributed by atoms with Gasteiger partial charge in [0.05, 0.1) is 12.3 Å². The molecule has 0 saturated carbocycles. The van der Waals surface area contributed by atoms with E-state index in [1.54, 1.807) is 6.07 Å². The van der Waals surface area contributed by atoms with Gasteiger partial charge in [-0.2, -0.15) is 10.2 Å². The van der Waals surface area contributed by atoms with Crippen LogP contribution in [0.2, 0.25) is 0 Å². The van der Waals surface area contributed by atoms with E-state index in [4.69, 9.17) is 0 Å². The van der Waals surface area contributed by atoms with Gasteiger partial charge in [0.15, 0.2) is 5.82 Å². The summed E-state index contributed by atoms with van der Waals surface area (Å²) in [7, 11) is 0. The quantitative estimate of drug-likeness (QED) is 0.681. The standard InChI is InChI=1S/C21H19FN6O2/c22-17-12-16(6-7-19(17)28-14-23-13-24-28)25-20(29)8-9-21(30)27-11-10-18(26-27)15-4-2-1-3-5-15/h1-7,12-14H,8-11H2,(H,25,29). The van der Waals surface area contributed by atoms with Crippen molar-refractivity contribution >= 4 is 23.2 Å².